The van der Waals surface area contributed by atoms with Crippen molar-refractivity contribution < 1.29 is 8.42 Å². The van der Waals surface area contributed by atoms with Gasteiger partial charge in [-0.3, -0.25) is 9.40 Å². The Bertz CT molecular complexity index is 682. The molecule has 0 aliphatic heterocycles. The SMILES string of the molecule is Cn1cc(NS(=O)(=O)CCSc2ccccc2N)cn1. The molecule has 8 heteroatoms. The zero-order valence-corrected chi connectivity index (χ0v) is 12.6. The summed E-state index contributed by atoms with van der Waals surface area (Å²) in [7, 11) is -1.64. The first-order chi connectivity index (χ1) is 9.46. The zero-order chi connectivity index (χ0) is 14.6. The van der Waals surface area contributed by atoms with E-state index >= 15 is 0 Å². The Morgan fingerprint density at radius 3 is 2.80 bits per heavy atom. The number of sulfonamides is 1. The van der Waals surface area contributed by atoms with Crippen molar-refractivity contribution in [3.8, 4) is 0 Å². The number of hydrogen-bond acceptors (Lipinski definition) is 5. The number of anilines is 2. The van der Waals surface area contributed by atoms with Crippen molar-refractivity contribution in [2.24, 2.45) is 7.05 Å². The Hall–Kier alpha value is -1.67. The summed E-state index contributed by atoms with van der Waals surface area (Å²) in [5.41, 5.74) is 6.93. The molecule has 0 bridgehead atoms. The van der Waals surface area contributed by atoms with Gasteiger partial charge in [-0.05, 0) is 12.1 Å². The van der Waals surface area contributed by atoms with E-state index in [1.54, 1.807) is 19.3 Å². The van der Waals surface area contributed by atoms with E-state index in [1.807, 2.05) is 18.2 Å². The number of nitrogens with zero attached hydrogens (tertiary/aromatic N) is 2. The average Bonchev–Trinajstić information content (AvgIpc) is 2.76. The minimum absolute atomic E-state index is 0.0148. The number of nitrogens with two attached hydrogens (primary N) is 1. The molecule has 0 saturated carbocycles. The molecule has 0 atom stereocenters. The number of thioether (sulfide) groups is 1. The predicted octanol–water partition coefficient (Wildman–Crippen LogP) is 1.54. The third kappa shape index (κ3) is 4.17. The van der Waals surface area contributed by atoms with E-state index in [1.165, 1.54) is 22.6 Å². The number of para-hydroxylation sites is 1. The molecule has 3 N–H and O–H groups in total. The molecule has 0 spiro atoms. The fourth-order valence-corrected chi connectivity index (χ4v) is 3.98. The molecule has 2 aromatic rings. The summed E-state index contributed by atoms with van der Waals surface area (Å²) < 4.78 is 27.8. The van der Waals surface area contributed by atoms with Gasteiger partial charge in [0.2, 0.25) is 10.0 Å². The van der Waals surface area contributed by atoms with Gasteiger partial charge in [0, 0.05) is 29.6 Å². The Labute approximate surface area is 122 Å². The van der Waals surface area contributed by atoms with Crippen LogP contribution in [0.2, 0.25) is 0 Å². The maximum Gasteiger partial charge on any atom is 0.233 e. The number of aromatic nitrogens is 2. The van der Waals surface area contributed by atoms with Gasteiger partial charge < -0.3 is 5.73 Å². The first-order valence-corrected chi connectivity index (χ1v) is 8.56. The third-order valence-electron chi connectivity index (χ3n) is 2.51. The minimum Gasteiger partial charge on any atom is -0.398 e. The summed E-state index contributed by atoms with van der Waals surface area (Å²) >= 11 is 1.42. The largest absolute Gasteiger partial charge is 0.398 e. The van der Waals surface area contributed by atoms with Gasteiger partial charge >= 0.3 is 0 Å². The summed E-state index contributed by atoms with van der Waals surface area (Å²) in [5, 5.41) is 3.91. The molecule has 1 aromatic carbocycles. The molecule has 1 heterocycles. The number of hydrogen-bond donors (Lipinski definition) is 2. The number of aryl methyl sites for hydroxylation is 1. The minimum atomic E-state index is -3.37. The van der Waals surface area contributed by atoms with Gasteiger partial charge in [0.25, 0.3) is 0 Å². The van der Waals surface area contributed by atoms with Crippen molar-refractivity contribution in [1.29, 1.82) is 0 Å². The lowest BCUT2D eigenvalue weighted by molar-refractivity contribution is 0.602. The van der Waals surface area contributed by atoms with E-state index in [0.29, 0.717) is 17.1 Å². The van der Waals surface area contributed by atoms with Crippen molar-refractivity contribution in [2.75, 3.05) is 22.0 Å². The van der Waals surface area contributed by atoms with Crippen LogP contribution in [0.15, 0.2) is 41.6 Å². The second-order valence-corrected chi connectivity index (χ2v) is 7.19. The Balaban J connectivity index is 1.88. The van der Waals surface area contributed by atoms with Gasteiger partial charge in [-0.25, -0.2) is 8.42 Å². The van der Waals surface area contributed by atoms with Gasteiger partial charge in [0.05, 0.1) is 17.6 Å². The molecule has 6 nitrogen and oxygen atoms in total. The van der Waals surface area contributed by atoms with E-state index in [0.717, 1.165) is 4.90 Å². The Morgan fingerprint density at radius 1 is 1.40 bits per heavy atom. The quantitative estimate of drug-likeness (QED) is 0.624. The highest BCUT2D eigenvalue weighted by molar-refractivity contribution is 8.01. The summed E-state index contributed by atoms with van der Waals surface area (Å²) in [6.45, 7) is 0. The summed E-state index contributed by atoms with van der Waals surface area (Å²) in [6, 6.07) is 7.40. The molecule has 0 aliphatic rings. The highest BCUT2D eigenvalue weighted by Gasteiger charge is 2.12. The van der Waals surface area contributed by atoms with Gasteiger partial charge in [-0.15, -0.1) is 11.8 Å². The lowest BCUT2D eigenvalue weighted by atomic mass is 10.3. The maximum atomic E-state index is 11.9. The van der Waals surface area contributed by atoms with Gasteiger partial charge in [-0.1, -0.05) is 12.1 Å². The van der Waals surface area contributed by atoms with Crippen molar-refractivity contribution >= 4 is 33.2 Å². The van der Waals surface area contributed by atoms with Crippen LogP contribution in [0.1, 0.15) is 0 Å². The lowest BCUT2D eigenvalue weighted by Crippen LogP contribution is -2.17. The molecule has 1 aromatic heterocycles. The fourth-order valence-electron chi connectivity index (χ4n) is 1.58. The molecular weight excluding hydrogens is 296 g/mol. The molecule has 0 radical (unpaired) electrons. The molecular formula is C12H16N4O2S2. The molecule has 0 aliphatic carbocycles. The zero-order valence-electron chi connectivity index (χ0n) is 11.0. The van der Waals surface area contributed by atoms with Crippen LogP contribution in [0.4, 0.5) is 11.4 Å². The van der Waals surface area contributed by atoms with Crippen LogP contribution in [0, 0.1) is 0 Å². The molecule has 108 valence electrons. The van der Waals surface area contributed by atoms with E-state index in [9.17, 15) is 8.42 Å². The molecule has 0 unspecified atom stereocenters. The monoisotopic (exact) mass is 312 g/mol. The molecule has 2 rings (SSSR count). The van der Waals surface area contributed by atoms with Crippen molar-refractivity contribution in [3.63, 3.8) is 0 Å². The van der Waals surface area contributed by atoms with Crippen LogP contribution >= 0.6 is 11.8 Å². The highest BCUT2D eigenvalue weighted by Crippen LogP contribution is 2.24. The second-order valence-electron chi connectivity index (χ2n) is 4.21. The van der Waals surface area contributed by atoms with Crippen LogP contribution in [0.25, 0.3) is 0 Å². The Morgan fingerprint density at radius 2 is 2.15 bits per heavy atom. The second kappa shape index (κ2) is 6.19. The van der Waals surface area contributed by atoms with E-state index in [2.05, 4.69) is 9.82 Å². The lowest BCUT2D eigenvalue weighted by Gasteiger charge is -2.07. The fraction of sp³-hybridized carbons (Fsp3) is 0.250. The standard InChI is InChI=1S/C12H16N4O2S2/c1-16-9-10(8-14-16)15-20(17,18)7-6-19-12-5-3-2-4-11(12)13/h2-5,8-9,15H,6-7,13H2,1H3. The average molecular weight is 312 g/mol. The topological polar surface area (TPSA) is 90.0 Å². The summed E-state index contributed by atoms with van der Waals surface area (Å²) in [5.74, 6) is 0.449. The third-order valence-corrected chi connectivity index (χ3v) is 5.14. The summed E-state index contributed by atoms with van der Waals surface area (Å²) in [4.78, 5) is 0.893. The van der Waals surface area contributed by atoms with E-state index < -0.39 is 10.0 Å². The van der Waals surface area contributed by atoms with Gasteiger partial charge in [-0.2, -0.15) is 5.10 Å². The molecule has 0 saturated heterocycles. The maximum absolute atomic E-state index is 11.9. The van der Waals surface area contributed by atoms with Crippen LogP contribution in [0.5, 0.6) is 0 Å². The number of nitrogens with one attached hydrogen (secondary N) is 1. The number of rotatable bonds is 6. The number of nitrogen functional groups attached to an aromatic ring is 1. The van der Waals surface area contributed by atoms with Gasteiger partial charge in [0.15, 0.2) is 0 Å². The van der Waals surface area contributed by atoms with Gasteiger partial charge in [0.1, 0.15) is 0 Å². The predicted molar refractivity (Wildman–Crippen MR) is 82.2 cm³/mol. The van der Waals surface area contributed by atoms with E-state index in [4.69, 9.17) is 5.73 Å². The van der Waals surface area contributed by atoms with Crippen LogP contribution in [0.3, 0.4) is 0 Å². The smallest absolute Gasteiger partial charge is 0.233 e. The van der Waals surface area contributed by atoms with Crippen molar-refractivity contribution in [2.45, 2.75) is 4.90 Å². The van der Waals surface area contributed by atoms with Crippen molar-refractivity contribution in [1.82, 2.24) is 9.78 Å². The summed E-state index contributed by atoms with van der Waals surface area (Å²) in [6.07, 6.45) is 3.08. The highest BCUT2D eigenvalue weighted by atomic mass is 32.2. The first-order valence-electron chi connectivity index (χ1n) is 5.93. The first kappa shape index (κ1) is 14.7. The van der Waals surface area contributed by atoms with Crippen LogP contribution < -0.4 is 10.5 Å². The van der Waals surface area contributed by atoms with Crippen LogP contribution in [-0.4, -0.2) is 29.7 Å². The van der Waals surface area contributed by atoms with E-state index in [-0.39, 0.29) is 5.75 Å². The normalized spacial score (nSPS) is 11.4. The molecule has 0 amide bonds. The number of benzene rings is 1. The van der Waals surface area contributed by atoms with Crippen LogP contribution in [-0.2, 0) is 17.1 Å². The Kier molecular flexibility index (Phi) is 4.56. The molecule has 20 heavy (non-hydrogen) atoms. The van der Waals surface area contributed by atoms with Crippen molar-refractivity contribution in [3.05, 3.63) is 36.7 Å². The molecule has 0 fully saturated rings.